The summed E-state index contributed by atoms with van der Waals surface area (Å²) in [4.78, 5) is 0. The highest BCUT2D eigenvalue weighted by molar-refractivity contribution is 9.11. The lowest BCUT2D eigenvalue weighted by Gasteiger charge is -2.11. The number of benzene rings is 2. The first-order valence-electron chi connectivity index (χ1n) is 5.63. The number of rotatable bonds is 5. The zero-order valence-corrected chi connectivity index (χ0v) is 12.9. The minimum Gasteiger partial charge on any atom is -0.489 e. The number of hydrogen-bond acceptors (Lipinski definition) is 2. The molecule has 0 radical (unpaired) electrons. The minimum absolute atomic E-state index is 0.607. The van der Waals surface area contributed by atoms with Gasteiger partial charge in [-0.25, -0.2) is 0 Å². The van der Waals surface area contributed by atoms with Gasteiger partial charge in [-0.2, -0.15) is 0 Å². The smallest absolute Gasteiger partial charge is 0.147 e. The topological polar surface area (TPSA) is 21.3 Å². The Labute approximate surface area is 124 Å². The number of para-hydroxylation sites is 2. The molecule has 0 atom stereocenters. The van der Waals surface area contributed by atoms with Crippen LogP contribution in [0.1, 0.15) is 0 Å². The molecule has 2 nitrogen and oxygen atoms in total. The standard InChI is InChI=1S/C14H13Br2NO/c15-12-7-4-8-13(16)14(12)18-10-9-17-11-5-2-1-3-6-11/h1-8,17H,9-10H2. The van der Waals surface area contributed by atoms with E-state index < -0.39 is 0 Å². The van der Waals surface area contributed by atoms with Gasteiger partial charge in [-0.1, -0.05) is 24.3 Å². The second-order valence-corrected chi connectivity index (χ2v) is 5.40. The molecule has 94 valence electrons. The molecule has 0 aliphatic heterocycles. The summed E-state index contributed by atoms with van der Waals surface area (Å²) in [5.74, 6) is 0.840. The second kappa shape index (κ2) is 6.81. The molecule has 0 aromatic heterocycles. The maximum atomic E-state index is 5.73. The van der Waals surface area contributed by atoms with E-state index in [0.717, 1.165) is 26.9 Å². The Balaban J connectivity index is 1.82. The van der Waals surface area contributed by atoms with Crippen LogP contribution in [0, 0.1) is 0 Å². The van der Waals surface area contributed by atoms with Crippen molar-refractivity contribution in [3.63, 3.8) is 0 Å². The molecule has 2 aromatic carbocycles. The van der Waals surface area contributed by atoms with E-state index in [2.05, 4.69) is 37.2 Å². The van der Waals surface area contributed by atoms with Crippen LogP contribution in [0.5, 0.6) is 5.75 Å². The molecule has 0 aliphatic rings. The molecule has 0 fully saturated rings. The van der Waals surface area contributed by atoms with E-state index in [-0.39, 0.29) is 0 Å². The van der Waals surface area contributed by atoms with Crippen LogP contribution in [0.4, 0.5) is 5.69 Å². The van der Waals surface area contributed by atoms with Crippen LogP contribution in [0.2, 0.25) is 0 Å². The van der Waals surface area contributed by atoms with Crippen LogP contribution in [0.3, 0.4) is 0 Å². The highest BCUT2D eigenvalue weighted by atomic mass is 79.9. The summed E-state index contributed by atoms with van der Waals surface area (Å²) in [6.45, 7) is 1.37. The lowest BCUT2D eigenvalue weighted by Crippen LogP contribution is -2.11. The predicted octanol–water partition coefficient (Wildman–Crippen LogP) is 4.70. The first kappa shape index (κ1) is 13.4. The third kappa shape index (κ3) is 3.75. The van der Waals surface area contributed by atoms with Crippen molar-refractivity contribution in [1.82, 2.24) is 0 Å². The molecule has 0 aliphatic carbocycles. The SMILES string of the molecule is Brc1cccc(Br)c1OCCNc1ccccc1. The van der Waals surface area contributed by atoms with Gasteiger partial charge < -0.3 is 10.1 Å². The fourth-order valence-corrected chi connectivity index (χ4v) is 2.75. The van der Waals surface area contributed by atoms with E-state index in [0.29, 0.717) is 6.61 Å². The van der Waals surface area contributed by atoms with Gasteiger partial charge in [-0.05, 0) is 56.1 Å². The Bertz CT molecular complexity index is 482. The Hall–Kier alpha value is -1.00. The third-order valence-corrected chi connectivity index (χ3v) is 3.62. The Morgan fingerprint density at radius 3 is 2.22 bits per heavy atom. The van der Waals surface area contributed by atoms with Gasteiger partial charge >= 0.3 is 0 Å². The van der Waals surface area contributed by atoms with Gasteiger partial charge in [0.05, 0.1) is 8.95 Å². The molecule has 4 heteroatoms. The van der Waals surface area contributed by atoms with Crippen molar-refractivity contribution in [3.8, 4) is 5.75 Å². The van der Waals surface area contributed by atoms with Gasteiger partial charge in [-0.3, -0.25) is 0 Å². The zero-order chi connectivity index (χ0) is 12.8. The van der Waals surface area contributed by atoms with E-state index >= 15 is 0 Å². The van der Waals surface area contributed by atoms with Crippen molar-refractivity contribution in [2.75, 3.05) is 18.5 Å². The molecule has 0 heterocycles. The van der Waals surface area contributed by atoms with Crippen molar-refractivity contribution in [1.29, 1.82) is 0 Å². The van der Waals surface area contributed by atoms with E-state index in [1.807, 2.05) is 48.5 Å². The molecule has 0 saturated heterocycles. The van der Waals surface area contributed by atoms with Crippen molar-refractivity contribution in [2.24, 2.45) is 0 Å². The molecule has 2 aromatic rings. The van der Waals surface area contributed by atoms with Crippen LogP contribution in [-0.2, 0) is 0 Å². The van der Waals surface area contributed by atoms with E-state index in [1.54, 1.807) is 0 Å². The summed E-state index contributed by atoms with van der Waals surface area (Å²) in [6, 6.07) is 16.0. The van der Waals surface area contributed by atoms with Gasteiger partial charge in [0, 0.05) is 12.2 Å². The van der Waals surface area contributed by atoms with Gasteiger partial charge in [0.1, 0.15) is 12.4 Å². The van der Waals surface area contributed by atoms with E-state index in [9.17, 15) is 0 Å². The summed E-state index contributed by atoms with van der Waals surface area (Å²) in [6.07, 6.45) is 0. The maximum absolute atomic E-state index is 5.73. The van der Waals surface area contributed by atoms with Crippen molar-refractivity contribution >= 4 is 37.5 Å². The molecule has 0 saturated carbocycles. The monoisotopic (exact) mass is 369 g/mol. The summed E-state index contributed by atoms with van der Waals surface area (Å²) in [5.41, 5.74) is 1.10. The quantitative estimate of drug-likeness (QED) is 0.770. The van der Waals surface area contributed by atoms with Crippen LogP contribution in [0.25, 0.3) is 0 Å². The lowest BCUT2D eigenvalue weighted by atomic mass is 10.3. The average molecular weight is 371 g/mol. The fraction of sp³-hybridized carbons (Fsp3) is 0.143. The average Bonchev–Trinajstić information content (AvgIpc) is 2.38. The van der Waals surface area contributed by atoms with Crippen LogP contribution < -0.4 is 10.1 Å². The summed E-state index contributed by atoms with van der Waals surface area (Å²) < 4.78 is 7.64. The normalized spacial score (nSPS) is 10.1. The summed E-state index contributed by atoms with van der Waals surface area (Å²) in [5, 5.41) is 3.30. The summed E-state index contributed by atoms with van der Waals surface area (Å²) in [7, 11) is 0. The van der Waals surface area contributed by atoms with Gasteiger partial charge in [0.25, 0.3) is 0 Å². The van der Waals surface area contributed by atoms with Crippen molar-refractivity contribution in [2.45, 2.75) is 0 Å². The molecule has 0 amide bonds. The van der Waals surface area contributed by atoms with E-state index in [1.165, 1.54) is 0 Å². The molecule has 0 bridgehead atoms. The zero-order valence-electron chi connectivity index (χ0n) is 9.70. The number of ether oxygens (including phenoxy) is 1. The number of anilines is 1. The third-order valence-electron chi connectivity index (χ3n) is 2.37. The van der Waals surface area contributed by atoms with Crippen molar-refractivity contribution < 1.29 is 4.74 Å². The molecule has 1 N–H and O–H groups in total. The number of halogens is 2. The minimum atomic E-state index is 0.607. The first-order valence-corrected chi connectivity index (χ1v) is 7.22. The Morgan fingerprint density at radius 2 is 1.56 bits per heavy atom. The van der Waals surface area contributed by atoms with Crippen LogP contribution in [-0.4, -0.2) is 13.2 Å². The van der Waals surface area contributed by atoms with E-state index in [4.69, 9.17) is 4.74 Å². The summed E-state index contributed by atoms with van der Waals surface area (Å²) >= 11 is 6.94. The largest absolute Gasteiger partial charge is 0.489 e. The maximum Gasteiger partial charge on any atom is 0.147 e. The van der Waals surface area contributed by atoms with Gasteiger partial charge in [0.15, 0.2) is 0 Å². The molecule has 2 rings (SSSR count). The predicted molar refractivity (Wildman–Crippen MR) is 82.3 cm³/mol. The van der Waals surface area contributed by atoms with Crippen LogP contribution >= 0.6 is 31.9 Å². The number of hydrogen-bond donors (Lipinski definition) is 1. The molecular weight excluding hydrogens is 358 g/mol. The molecular formula is C14H13Br2NO. The Morgan fingerprint density at radius 1 is 0.889 bits per heavy atom. The van der Waals surface area contributed by atoms with Gasteiger partial charge in [0.2, 0.25) is 0 Å². The molecule has 18 heavy (non-hydrogen) atoms. The van der Waals surface area contributed by atoms with Crippen LogP contribution in [0.15, 0.2) is 57.5 Å². The highest BCUT2D eigenvalue weighted by Gasteiger charge is 2.04. The molecule has 0 spiro atoms. The van der Waals surface area contributed by atoms with Crippen molar-refractivity contribution in [3.05, 3.63) is 57.5 Å². The number of nitrogens with one attached hydrogen (secondary N) is 1. The second-order valence-electron chi connectivity index (χ2n) is 3.69. The lowest BCUT2D eigenvalue weighted by molar-refractivity contribution is 0.329. The first-order chi connectivity index (χ1) is 8.77. The Kier molecular flexibility index (Phi) is 5.08. The molecule has 0 unspecified atom stereocenters. The fourth-order valence-electron chi connectivity index (χ4n) is 1.52. The highest BCUT2D eigenvalue weighted by Crippen LogP contribution is 2.32. The van der Waals surface area contributed by atoms with Gasteiger partial charge in [-0.15, -0.1) is 0 Å².